The Balaban J connectivity index is 2.32. The van der Waals surface area contributed by atoms with E-state index in [1.165, 1.54) is 0 Å². The molecule has 0 radical (unpaired) electrons. The molecule has 0 amide bonds. The standard InChI is InChI=1S/C8H13F2N3O/c1-6-7(3-12-13-6)2-11-4-8(9,10)5-14/h3,11,14H,2,4-5H2,1H3,(H,12,13). The van der Waals surface area contributed by atoms with Crippen LogP contribution >= 0.6 is 0 Å². The van der Waals surface area contributed by atoms with E-state index in [1.54, 1.807) is 6.20 Å². The third kappa shape index (κ3) is 3.04. The number of rotatable bonds is 5. The summed E-state index contributed by atoms with van der Waals surface area (Å²) in [6.45, 7) is 0.463. The first-order valence-corrected chi connectivity index (χ1v) is 4.23. The normalized spacial score (nSPS) is 12.0. The molecule has 80 valence electrons. The van der Waals surface area contributed by atoms with Gasteiger partial charge in [0.05, 0.1) is 12.7 Å². The fourth-order valence-electron chi connectivity index (χ4n) is 0.990. The smallest absolute Gasteiger partial charge is 0.282 e. The van der Waals surface area contributed by atoms with E-state index in [1.807, 2.05) is 6.92 Å². The molecule has 14 heavy (non-hydrogen) atoms. The molecule has 0 saturated carbocycles. The Morgan fingerprint density at radius 3 is 2.86 bits per heavy atom. The summed E-state index contributed by atoms with van der Waals surface area (Å²) in [7, 11) is 0. The third-order valence-electron chi connectivity index (χ3n) is 1.86. The number of aromatic nitrogens is 2. The van der Waals surface area contributed by atoms with Crippen molar-refractivity contribution < 1.29 is 13.9 Å². The fraction of sp³-hybridized carbons (Fsp3) is 0.625. The van der Waals surface area contributed by atoms with Crippen LogP contribution < -0.4 is 5.32 Å². The van der Waals surface area contributed by atoms with E-state index in [0.717, 1.165) is 11.3 Å². The minimum Gasteiger partial charge on any atom is -0.390 e. The van der Waals surface area contributed by atoms with E-state index in [-0.39, 0.29) is 0 Å². The number of nitrogens with zero attached hydrogens (tertiary/aromatic N) is 1. The van der Waals surface area contributed by atoms with Crippen LogP contribution in [0.4, 0.5) is 8.78 Å². The van der Waals surface area contributed by atoms with Gasteiger partial charge >= 0.3 is 0 Å². The number of aliphatic hydroxyl groups excluding tert-OH is 1. The second-order valence-corrected chi connectivity index (χ2v) is 3.14. The molecule has 6 heteroatoms. The maximum atomic E-state index is 12.5. The highest BCUT2D eigenvalue weighted by Gasteiger charge is 2.26. The van der Waals surface area contributed by atoms with Gasteiger partial charge in [0.1, 0.15) is 6.61 Å². The molecule has 3 N–H and O–H groups in total. The molecule has 1 aromatic rings. The minimum absolute atomic E-state index is 0.317. The van der Waals surface area contributed by atoms with Crippen LogP contribution in [0.5, 0.6) is 0 Å². The van der Waals surface area contributed by atoms with Gasteiger partial charge in [-0.3, -0.25) is 5.10 Å². The minimum atomic E-state index is -3.06. The van der Waals surface area contributed by atoms with Gasteiger partial charge in [-0.1, -0.05) is 0 Å². The largest absolute Gasteiger partial charge is 0.390 e. The van der Waals surface area contributed by atoms with Gasteiger partial charge in [0.2, 0.25) is 0 Å². The first kappa shape index (κ1) is 11.1. The molecule has 0 aliphatic carbocycles. The maximum absolute atomic E-state index is 12.5. The highest BCUT2D eigenvalue weighted by molar-refractivity contribution is 5.13. The molecule has 0 aromatic carbocycles. The number of hydrogen-bond acceptors (Lipinski definition) is 3. The van der Waals surface area contributed by atoms with Crippen molar-refractivity contribution in [3.63, 3.8) is 0 Å². The van der Waals surface area contributed by atoms with Crippen LogP contribution in [0.2, 0.25) is 0 Å². The number of aromatic amines is 1. The van der Waals surface area contributed by atoms with E-state index in [9.17, 15) is 8.78 Å². The van der Waals surface area contributed by atoms with Crippen molar-refractivity contribution in [1.82, 2.24) is 15.5 Å². The number of halogens is 2. The lowest BCUT2D eigenvalue weighted by Crippen LogP contribution is -2.35. The average Bonchev–Trinajstić information content (AvgIpc) is 2.52. The molecule has 0 aliphatic rings. The lowest BCUT2D eigenvalue weighted by atomic mass is 10.2. The Morgan fingerprint density at radius 1 is 1.64 bits per heavy atom. The maximum Gasteiger partial charge on any atom is 0.282 e. The lowest BCUT2D eigenvalue weighted by Gasteiger charge is -2.13. The monoisotopic (exact) mass is 205 g/mol. The van der Waals surface area contributed by atoms with E-state index < -0.39 is 19.1 Å². The van der Waals surface area contributed by atoms with E-state index in [2.05, 4.69) is 15.5 Å². The first-order chi connectivity index (χ1) is 6.55. The first-order valence-electron chi connectivity index (χ1n) is 4.23. The molecule has 1 heterocycles. The zero-order valence-electron chi connectivity index (χ0n) is 7.85. The summed E-state index contributed by atoms with van der Waals surface area (Å²) in [5.41, 5.74) is 1.70. The van der Waals surface area contributed by atoms with Crippen molar-refractivity contribution in [3.8, 4) is 0 Å². The van der Waals surface area contributed by atoms with Gasteiger partial charge in [0.15, 0.2) is 0 Å². The van der Waals surface area contributed by atoms with Crippen molar-refractivity contribution in [2.75, 3.05) is 13.2 Å². The van der Waals surface area contributed by atoms with E-state index >= 15 is 0 Å². The Morgan fingerprint density at radius 2 is 2.36 bits per heavy atom. The fourth-order valence-corrected chi connectivity index (χ4v) is 0.990. The highest BCUT2D eigenvalue weighted by atomic mass is 19.3. The van der Waals surface area contributed by atoms with Crippen molar-refractivity contribution in [2.45, 2.75) is 19.4 Å². The van der Waals surface area contributed by atoms with Crippen molar-refractivity contribution in [3.05, 3.63) is 17.5 Å². The zero-order chi connectivity index (χ0) is 10.6. The molecule has 0 saturated heterocycles. The van der Waals surface area contributed by atoms with Crippen LogP contribution in [0.15, 0.2) is 6.20 Å². The molecule has 0 unspecified atom stereocenters. The van der Waals surface area contributed by atoms with Crippen LogP contribution in [0, 0.1) is 6.92 Å². The second-order valence-electron chi connectivity index (χ2n) is 3.14. The Labute approximate surface area is 80.3 Å². The summed E-state index contributed by atoms with van der Waals surface area (Å²) in [5.74, 6) is -3.06. The van der Waals surface area contributed by atoms with Gasteiger partial charge in [-0.25, -0.2) is 8.78 Å². The van der Waals surface area contributed by atoms with Crippen molar-refractivity contribution >= 4 is 0 Å². The summed E-state index contributed by atoms with van der Waals surface area (Å²) in [6.07, 6.45) is 1.58. The molecule has 0 atom stereocenters. The van der Waals surface area contributed by atoms with Crippen LogP contribution in [-0.4, -0.2) is 34.4 Å². The molecule has 1 aromatic heterocycles. The molecule has 0 bridgehead atoms. The molecule has 0 aliphatic heterocycles. The number of aryl methyl sites for hydroxylation is 1. The van der Waals surface area contributed by atoms with Gasteiger partial charge in [0.25, 0.3) is 5.92 Å². The number of alkyl halides is 2. The van der Waals surface area contributed by atoms with E-state index in [0.29, 0.717) is 6.54 Å². The molecule has 1 rings (SSSR count). The second kappa shape index (κ2) is 4.47. The number of hydrogen-bond donors (Lipinski definition) is 3. The molecule has 0 fully saturated rings. The van der Waals surface area contributed by atoms with Crippen LogP contribution in [0.3, 0.4) is 0 Å². The van der Waals surface area contributed by atoms with Crippen molar-refractivity contribution in [1.29, 1.82) is 0 Å². The Bertz CT molecular complexity index is 288. The highest BCUT2D eigenvalue weighted by Crippen LogP contribution is 2.10. The van der Waals surface area contributed by atoms with Gasteiger partial charge in [0, 0.05) is 17.8 Å². The topological polar surface area (TPSA) is 60.9 Å². The van der Waals surface area contributed by atoms with Gasteiger partial charge in [-0.05, 0) is 6.92 Å². The summed E-state index contributed by atoms with van der Waals surface area (Å²) >= 11 is 0. The third-order valence-corrected chi connectivity index (χ3v) is 1.86. The van der Waals surface area contributed by atoms with E-state index in [4.69, 9.17) is 5.11 Å². The van der Waals surface area contributed by atoms with Crippen LogP contribution in [0.1, 0.15) is 11.3 Å². The van der Waals surface area contributed by atoms with Gasteiger partial charge in [-0.15, -0.1) is 0 Å². The molecule has 0 spiro atoms. The summed E-state index contributed by atoms with van der Waals surface area (Å²) < 4.78 is 25.1. The summed E-state index contributed by atoms with van der Waals surface area (Å²) in [6, 6.07) is 0. The van der Waals surface area contributed by atoms with Gasteiger partial charge < -0.3 is 10.4 Å². The number of aliphatic hydroxyl groups is 1. The predicted octanol–water partition coefficient (Wildman–Crippen LogP) is 0.435. The molecular formula is C8H13F2N3O. The van der Waals surface area contributed by atoms with Crippen LogP contribution in [-0.2, 0) is 6.54 Å². The summed E-state index contributed by atoms with van der Waals surface area (Å²) in [5, 5.41) is 17.3. The average molecular weight is 205 g/mol. The number of H-pyrrole nitrogens is 1. The molecular weight excluding hydrogens is 192 g/mol. The lowest BCUT2D eigenvalue weighted by molar-refractivity contribution is -0.0477. The SMILES string of the molecule is Cc1[nH]ncc1CNCC(F)(F)CO. The number of nitrogens with one attached hydrogen (secondary N) is 2. The Hall–Kier alpha value is -1.01. The van der Waals surface area contributed by atoms with Crippen molar-refractivity contribution in [2.24, 2.45) is 0 Å². The Kier molecular flexibility index (Phi) is 3.54. The van der Waals surface area contributed by atoms with Gasteiger partial charge in [-0.2, -0.15) is 5.10 Å². The van der Waals surface area contributed by atoms with Crippen LogP contribution in [0.25, 0.3) is 0 Å². The quantitative estimate of drug-likeness (QED) is 0.653. The molecule has 4 nitrogen and oxygen atoms in total. The summed E-state index contributed by atoms with van der Waals surface area (Å²) in [4.78, 5) is 0. The zero-order valence-corrected chi connectivity index (χ0v) is 7.85. The predicted molar refractivity (Wildman–Crippen MR) is 47.1 cm³/mol.